The maximum atomic E-state index is 12.3. The van der Waals surface area contributed by atoms with Gasteiger partial charge in [0.05, 0.1) is 24.1 Å². The number of rotatable bonds is 16. The second-order valence-corrected chi connectivity index (χ2v) is 9.19. The molecule has 0 bridgehead atoms. The third-order valence-electron chi connectivity index (χ3n) is 4.86. The van der Waals surface area contributed by atoms with E-state index in [2.05, 4.69) is 11.6 Å². The summed E-state index contributed by atoms with van der Waals surface area (Å²) in [4.78, 5) is 11.7. The van der Waals surface area contributed by atoms with Crippen molar-refractivity contribution >= 4 is 21.7 Å². The Morgan fingerprint density at radius 2 is 1.36 bits per heavy atom. The number of hydrogen-bond donors (Lipinski definition) is 1. The van der Waals surface area contributed by atoms with Crippen LogP contribution in [0.25, 0.3) is 0 Å². The Kier molecular flexibility index (Phi) is 12.6. The van der Waals surface area contributed by atoms with Crippen LogP contribution in [0.4, 0.5) is 5.69 Å². The number of nitrogens with one attached hydrogen (secondary N) is 1. The van der Waals surface area contributed by atoms with E-state index in [1.165, 1.54) is 64.9 Å². The number of hydrogen-bond acceptors (Lipinski definition) is 4. The molecule has 0 heterocycles. The number of esters is 1. The first-order valence-corrected chi connectivity index (χ1v) is 12.3. The minimum atomic E-state index is -3.47. The first-order chi connectivity index (χ1) is 13.5. The maximum absolute atomic E-state index is 12.3. The molecule has 0 radical (unpaired) electrons. The van der Waals surface area contributed by atoms with Crippen molar-refractivity contribution in [3.05, 3.63) is 29.8 Å². The molecule has 1 rings (SSSR count). The van der Waals surface area contributed by atoms with E-state index in [1.807, 2.05) is 0 Å². The lowest BCUT2D eigenvalue weighted by atomic mass is 10.1. The van der Waals surface area contributed by atoms with E-state index in [9.17, 15) is 13.2 Å². The van der Waals surface area contributed by atoms with E-state index < -0.39 is 16.0 Å². The van der Waals surface area contributed by atoms with Crippen LogP contribution < -0.4 is 4.72 Å². The Labute approximate surface area is 171 Å². The molecule has 0 aromatic heterocycles. The first kappa shape index (κ1) is 24.5. The smallest absolute Gasteiger partial charge is 0.339 e. The standard InChI is InChI=1S/C22H37NO4S/c1-3-4-5-6-7-8-9-10-11-12-13-16-19-28(25,26)23-21-18-15-14-17-20(21)22(24)27-2/h14-15,17-18,23H,3-13,16,19H2,1-2H3. The molecule has 1 aromatic rings. The predicted molar refractivity (Wildman–Crippen MR) is 116 cm³/mol. The third-order valence-corrected chi connectivity index (χ3v) is 6.22. The van der Waals surface area contributed by atoms with Crippen molar-refractivity contribution in [2.75, 3.05) is 17.6 Å². The second kappa shape index (κ2) is 14.4. The number of ether oxygens (including phenoxy) is 1. The Balaban J connectivity index is 2.18. The van der Waals surface area contributed by atoms with Crippen LogP contribution in [-0.2, 0) is 14.8 Å². The minimum Gasteiger partial charge on any atom is -0.465 e. The van der Waals surface area contributed by atoms with E-state index in [4.69, 9.17) is 4.74 Å². The summed E-state index contributed by atoms with van der Waals surface area (Å²) in [6, 6.07) is 6.49. The van der Waals surface area contributed by atoms with Crippen molar-refractivity contribution in [3.8, 4) is 0 Å². The predicted octanol–water partition coefficient (Wildman–Crippen LogP) is 5.92. The number of para-hydroxylation sites is 1. The molecule has 5 nitrogen and oxygen atoms in total. The number of methoxy groups -OCH3 is 1. The van der Waals surface area contributed by atoms with Crippen molar-refractivity contribution in [2.24, 2.45) is 0 Å². The molecule has 0 fully saturated rings. The lowest BCUT2D eigenvalue weighted by Gasteiger charge is -2.11. The number of unbranched alkanes of at least 4 members (excludes halogenated alkanes) is 11. The molecule has 1 N–H and O–H groups in total. The van der Waals surface area contributed by atoms with Crippen molar-refractivity contribution in [2.45, 2.75) is 84.0 Å². The Bertz CT molecular complexity index is 658. The molecule has 0 unspecified atom stereocenters. The van der Waals surface area contributed by atoms with Crippen LogP contribution in [0.5, 0.6) is 0 Å². The topological polar surface area (TPSA) is 72.5 Å². The van der Waals surface area contributed by atoms with Gasteiger partial charge in [-0.1, -0.05) is 89.7 Å². The van der Waals surface area contributed by atoms with Gasteiger partial charge in [0.1, 0.15) is 0 Å². The van der Waals surface area contributed by atoms with Gasteiger partial charge < -0.3 is 4.74 Å². The fourth-order valence-corrected chi connectivity index (χ4v) is 4.41. The van der Waals surface area contributed by atoms with Gasteiger partial charge in [0.2, 0.25) is 10.0 Å². The van der Waals surface area contributed by atoms with Crippen LogP contribution in [0.3, 0.4) is 0 Å². The van der Waals surface area contributed by atoms with Crippen LogP contribution in [0.2, 0.25) is 0 Å². The summed E-state index contributed by atoms with van der Waals surface area (Å²) in [5.41, 5.74) is 0.497. The quantitative estimate of drug-likeness (QED) is 0.271. The highest BCUT2D eigenvalue weighted by atomic mass is 32.2. The fourth-order valence-electron chi connectivity index (χ4n) is 3.21. The van der Waals surface area contributed by atoms with Gasteiger partial charge in [0.25, 0.3) is 0 Å². The maximum Gasteiger partial charge on any atom is 0.339 e. The Hall–Kier alpha value is -1.56. The SMILES string of the molecule is CCCCCCCCCCCCCCS(=O)(=O)Nc1ccccc1C(=O)OC. The largest absolute Gasteiger partial charge is 0.465 e. The van der Waals surface area contributed by atoms with Gasteiger partial charge in [-0.3, -0.25) is 4.72 Å². The molecule has 0 spiro atoms. The molecule has 0 aliphatic rings. The molecule has 0 saturated heterocycles. The van der Waals surface area contributed by atoms with Gasteiger partial charge >= 0.3 is 5.97 Å². The monoisotopic (exact) mass is 411 g/mol. The highest BCUT2D eigenvalue weighted by Crippen LogP contribution is 2.18. The molecule has 1 aromatic carbocycles. The highest BCUT2D eigenvalue weighted by molar-refractivity contribution is 7.92. The van der Waals surface area contributed by atoms with Crippen LogP contribution >= 0.6 is 0 Å². The molecule has 6 heteroatoms. The summed E-state index contributed by atoms with van der Waals surface area (Å²) in [6.07, 6.45) is 14.4. The Morgan fingerprint density at radius 1 is 0.857 bits per heavy atom. The number of carbonyl (C=O) groups is 1. The van der Waals surface area contributed by atoms with Gasteiger partial charge in [-0.2, -0.15) is 0 Å². The molecule has 28 heavy (non-hydrogen) atoms. The lowest BCUT2D eigenvalue weighted by Crippen LogP contribution is -2.19. The molecule has 0 aliphatic heterocycles. The summed E-state index contributed by atoms with van der Waals surface area (Å²) in [6.45, 7) is 2.24. The number of carbonyl (C=O) groups excluding carboxylic acids is 1. The number of benzene rings is 1. The molecule has 0 atom stereocenters. The average Bonchev–Trinajstić information content (AvgIpc) is 2.68. The molecule has 0 aliphatic carbocycles. The van der Waals surface area contributed by atoms with E-state index in [-0.39, 0.29) is 17.0 Å². The van der Waals surface area contributed by atoms with E-state index in [0.29, 0.717) is 6.42 Å². The normalized spacial score (nSPS) is 11.4. The van der Waals surface area contributed by atoms with Crippen molar-refractivity contribution < 1.29 is 17.9 Å². The zero-order valence-electron chi connectivity index (χ0n) is 17.5. The fraction of sp³-hybridized carbons (Fsp3) is 0.682. The number of sulfonamides is 1. The summed E-state index contributed by atoms with van der Waals surface area (Å²) >= 11 is 0. The Morgan fingerprint density at radius 3 is 1.89 bits per heavy atom. The molecular formula is C22H37NO4S. The summed E-state index contributed by atoms with van der Waals surface area (Å²) in [5, 5.41) is 0. The number of anilines is 1. The second-order valence-electron chi connectivity index (χ2n) is 7.35. The van der Waals surface area contributed by atoms with Crippen LogP contribution in [0.1, 0.15) is 94.3 Å². The summed E-state index contributed by atoms with van der Waals surface area (Å²) < 4.78 is 31.8. The van der Waals surface area contributed by atoms with Crippen LogP contribution in [0.15, 0.2) is 24.3 Å². The van der Waals surface area contributed by atoms with Gasteiger partial charge in [0.15, 0.2) is 0 Å². The third kappa shape index (κ3) is 10.7. The summed E-state index contributed by atoms with van der Waals surface area (Å²) in [5.74, 6) is -0.483. The minimum absolute atomic E-state index is 0.0694. The van der Waals surface area contributed by atoms with E-state index >= 15 is 0 Å². The first-order valence-electron chi connectivity index (χ1n) is 10.7. The zero-order chi connectivity index (χ0) is 20.7. The average molecular weight is 412 g/mol. The molecule has 0 amide bonds. The molecular weight excluding hydrogens is 374 g/mol. The van der Waals surface area contributed by atoms with Crippen molar-refractivity contribution in [1.82, 2.24) is 0 Å². The van der Waals surface area contributed by atoms with Crippen molar-refractivity contribution in [3.63, 3.8) is 0 Å². The van der Waals surface area contributed by atoms with Gasteiger partial charge in [-0.15, -0.1) is 0 Å². The van der Waals surface area contributed by atoms with E-state index in [1.54, 1.807) is 24.3 Å². The molecule has 0 saturated carbocycles. The summed E-state index contributed by atoms with van der Waals surface area (Å²) in [7, 11) is -2.19. The lowest BCUT2D eigenvalue weighted by molar-refractivity contribution is 0.0602. The van der Waals surface area contributed by atoms with Gasteiger partial charge in [-0.25, -0.2) is 13.2 Å². The van der Waals surface area contributed by atoms with Gasteiger partial charge in [0, 0.05) is 0 Å². The van der Waals surface area contributed by atoms with Crippen LogP contribution in [-0.4, -0.2) is 27.2 Å². The molecule has 160 valence electrons. The van der Waals surface area contributed by atoms with Crippen molar-refractivity contribution in [1.29, 1.82) is 0 Å². The highest BCUT2D eigenvalue weighted by Gasteiger charge is 2.16. The van der Waals surface area contributed by atoms with E-state index in [0.717, 1.165) is 12.8 Å². The van der Waals surface area contributed by atoms with Gasteiger partial charge in [-0.05, 0) is 18.6 Å². The van der Waals surface area contributed by atoms with Crippen LogP contribution in [0, 0.1) is 0 Å². The zero-order valence-corrected chi connectivity index (χ0v) is 18.4.